The van der Waals surface area contributed by atoms with Crippen LogP contribution in [0.15, 0.2) is 43.0 Å². The molecule has 1 aliphatic heterocycles. The fourth-order valence-corrected chi connectivity index (χ4v) is 3.21. The van der Waals surface area contributed by atoms with Crippen molar-refractivity contribution in [2.24, 2.45) is 0 Å². The van der Waals surface area contributed by atoms with Gasteiger partial charge in [0.05, 0.1) is 25.1 Å². The lowest BCUT2D eigenvalue weighted by molar-refractivity contribution is -0.0265. The number of nitrogen functional groups attached to an aromatic ring is 1. The van der Waals surface area contributed by atoms with Gasteiger partial charge in [0.2, 0.25) is 0 Å². The fraction of sp³-hybridized carbons (Fsp3) is 0.353. The number of rotatable bonds is 5. The number of nitrogens with zero attached hydrogens (tertiary/aromatic N) is 4. The van der Waals surface area contributed by atoms with Crippen LogP contribution in [0, 0.1) is 0 Å². The number of nitrogens with one attached hydrogen (secondary N) is 1. The molecule has 8 heteroatoms. The molecule has 1 fully saturated rings. The lowest BCUT2D eigenvalue weighted by Gasteiger charge is -2.21. The highest BCUT2D eigenvalue weighted by molar-refractivity contribution is 5.81. The zero-order valence-electron chi connectivity index (χ0n) is 13.6. The normalized spacial score (nSPS) is 23.3. The van der Waals surface area contributed by atoms with Crippen LogP contribution in [-0.4, -0.2) is 43.4 Å². The summed E-state index contributed by atoms with van der Waals surface area (Å²) in [7, 11) is 0. The molecule has 2 aromatic heterocycles. The molecule has 25 heavy (non-hydrogen) atoms. The van der Waals surface area contributed by atoms with E-state index in [4.69, 9.17) is 10.5 Å². The van der Waals surface area contributed by atoms with Crippen LogP contribution in [0.25, 0.3) is 11.2 Å². The first-order chi connectivity index (χ1) is 12.3. The molecule has 4 rings (SSSR count). The second-order valence-electron chi connectivity index (χ2n) is 6.12. The Kier molecular flexibility index (Phi) is 4.31. The predicted octanol–water partition coefficient (Wildman–Crippen LogP) is 0.847. The number of benzene rings is 1. The van der Waals surface area contributed by atoms with Crippen molar-refractivity contribution >= 4 is 17.0 Å². The minimum absolute atomic E-state index is 0.0194. The molecule has 1 saturated heterocycles. The van der Waals surface area contributed by atoms with E-state index in [2.05, 4.69) is 32.4 Å². The van der Waals surface area contributed by atoms with Crippen molar-refractivity contribution in [1.29, 1.82) is 0 Å². The highest BCUT2D eigenvalue weighted by atomic mass is 16.5. The predicted molar refractivity (Wildman–Crippen MR) is 92.4 cm³/mol. The zero-order valence-corrected chi connectivity index (χ0v) is 13.6. The van der Waals surface area contributed by atoms with Gasteiger partial charge >= 0.3 is 0 Å². The monoisotopic (exact) mass is 340 g/mol. The molecule has 1 aromatic carbocycles. The van der Waals surface area contributed by atoms with Crippen molar-refractivity contribution in [3.8, 4) is 0 Å². The van der Waals surface area contributed by atoms with Gasteiger partial charge in [-0.25, -0.2) is 15.0 Å². The Hall–Kier alpha value is -2.55. The SMILES string of the molecule is Nc1ncnc2c1ncn2[C@@H]1O[C@H](CO)C[C@H]1NCc1ccccc1. The number of hydrogen-bond donors (Lipinski definition) is 3. The topological polar surface area (TPSA) is 111 Å². The van der Waals surface area contributed by atoms with Gasteiger partial charge in [-0.2, -0.15) is 0 Å². The van der Waals surface area contributed by atoms with Crippen molar-refractivity contribution in [2.75, 3.05) is 12.3 Å². The molecular weight excluding hydrogens is 320 g/mol. The van der Waals surface area contributed by atoms with Crippen LogP contribution in [0.4, 0.5) is 5.82 Å². The fourth-order valence-electron chi connectivity index (χ4n) is 3.21. The van der Waals surface area contributed by atoms with Crippen molar-refractivity contribution < 1.29 is 9.84 Å². The number of aliphatic hydroxyl groups is 1. The Labute approximate surface area is 144 Å². The van der Waals surface area contributed by atoms with Crippen LogP contribution in [-0.2, 0) is 11.3 Å². The van der Waals surface area contributed by atoms with Crippen LogP contribution < -0.4 is 11.1 Å². The van der Waals surface area contributed by atoms with Gasteiger partial charge in [-0.3, -0.25) is 4.57 Å². The summed E-state index contributed by atoms with van der Waals surface area (Å²) in [6.07, 6.45) is 3.24. The molecule has 4 N–H and O–H groups in total. The van der Waals surface area contributed by atoms with Crippen molar-refractivity contribution in [3.05, 3.63) is 48.5 Å². The second-order valence-corrected chi connectivity index (χ2v) is 6.12. The lowest BCUT2D eigenvalue weighted by atomic mass is 10.1. The van der Waals surface area contributed by atoms with Crippen molar-refractivity contribution in [1.82, 2.24) is 24.8 Å². The Morgan fingerprint density at radius 2 is 2.08 bits per heavy atom. The zero-order chi connectivity index (χ0) is 17.2. The van der Waals surface area contributed by atoms with E-state index in [1.54, 1.807) is 6.33 Å². The van der Waals surface area contributed by atoms with E-state index in [1.807, 2.05) is 22.8 Å². The number of aliphatic hydroxyl groups excluding tert-OH is 1. The second kappa shape index (κ2) is 6.75. The van der Waals surface area contributed by atoms with Gasteiger partial charge in [-0.15, -0.1) is 0 Å². The Morgan fingerprint density at radius 3 is 2.88 bits per heavy atom. The number of hydrogen-bond acceptors (Lipinski definition) is 7. The van der Waals surface area contributed by atoms with Crippen LogP contribution in [0.5, 0.6) is 0 Å². The molecule has 3 aromatic rings. The number of imidazole rings is 1. The molecule has 8 nitrogen and oxygen atoms in total. The minimum Gasteiger partial charge on any atom is -0.394 e. The third-order valence-electron chi connectivity index (χ3n) is 4.47. The highest BCUT2D eigenvalue weighted by Gasteiger charge is 2.36. The van der Waals surface area contributed by atoms with E-state index in [0.717, 1.165) is 0 Å². The molecule has 0 radical (unpaired) electrons. The number of ether oxygens (including phenoxy) is 1. The molecule has 0 saturated carbocycles. The van der Waals surface area contributed by atoms with E-state index < -0.39 is 0 Å². The van der Waals surface area contributed by atoms with Gasteiger partial charge < -0.3 is 20.9 Å². The molecule has 130 valence electrons. The van der Waals surface area contributed by atoms with Gasteiger partial charge in [-0.1, -0.05) is 30.3 Å². The summed E-state index contributed by atoms with van der Waals surface area (Å²) in [6, 6.07) is 10.2. The van der Waals surface area contributed by atoms with Gasteiger partial charge in [0.1, 0.15) is 11.8 Å². The van der Waals surface area contributed by atoms with Gasteiger partial charge in [0.15, 0.2) is 17.7 Å². The summed E-state index contributed by atoms with van der Waals surface area (Å²) in [6.45, 7) is 0.692. The summed E-state index contributed by atoms with van der Waals surface area (Å²) < 4.78 is 7.87. The number of aromatic nitrogens is 4. The summed E-state index contributed by atoms with van der Waals surface area (Å²) >= 11 is 0. The Morgan fingerprint density at radius 1 is 1.24 bits per heavy atom. The van der Waals surface area contributed by atoms with E-state index >= 15 is 0 Å². The third kappa shape index (κ3) is 3.07. The molecule has 0 unspecified atom stereocenters. The van der Waals surface area contributed by atoms with Crippen LogP contribution >= 0.6 is 0 Å². The van der Waals surface area contributed by atoms with Gasteiger partial charge in [0.25, 0.3) is 0 Å². The first-order valence-electron chi connectivity index (χ1n) is 8.23. The first-order valence-corrected chi connectivity index (χ1v) is 8.23. The summed E-state index contributed by atoms with van der Waals surface area (Å²) in [5.41, 5.74) is 8.24. The minimum atomic E-state index is -0.319. The van der Waals surface area contributed by atoms with Crippen LogP contribution in [0.1, 0.15) is 18.2 Å². The molecule has 0 spiro atoms. The van der Waals surface area contributed by atoms with Gasteiger partial charge in [0, 0.05) is 6.54 Å². The van der Waals surface area contributed by atoms with Gasteiger partial charge in [-0.05, 0) is 12.0 Å². The van der Waals surface area contributed by atoms with E-state index in [-0.39, 0.29) is 25.0 Å². The Bertz CT molecular complexity index is 853. The highest BCUT2D eigenvalue weighted by Crippen LogP contribution is 2.31. The Balaban J connectivity index is 1.60. The van der Waals surface area contributed by atoms with E-state index in [9.17, 15) is 5.11 Å². The average Bonchev–Trinajstić information content (AvgIpc) is 3.25. The summed E-state index contributed by atoms with van der Waals surface area (Å²) in [4.78, 5) is 12.6. The maximum Gasteiger partial charge on any atom is 0.167 e. The van der Waals surface area contributed by atoms with Crippen molar-refractivity contribution in [2.45, 2.75) is 31.3 Å². The van der Waals surface area contributed by atoms with Crippen LogP contribution in [0.3, 0.4) is 0 Å². The molecular formula is C17H20N6O2. The first kappa shape index (κ1) is 15.9. The lowest BCUT2D eigenvalue weighted by Crippen LogP contribution is -2.34. The largest absolute Gasteiger partial charge is 0.394 e. The summed E-state index contributed by atoms with van der Waals surface area (Å²) in [5.74, 6) is 0.342. The molecule has 3 heterocycles. The maximum atomic E-state index is 9.52. The molecule has 1 aliphatic rings. The number of fused-ring (bicyclic) bond motifs is 1. The summed E-state index contributed by atoms with van der Waals surface area (Å²) in [5, 5.41) is 13.0. The van der Waals surface area contributed by atoms with E-state index in [1.165, 1.54) is 11.9 Å². The average molecular weight is 340 g/mol. The third-order valence-corrected chi connectivity index (χ3v) is 4.47. The maximum absolute atomic E-state index is 9.52. The smallest absolute Gasteiger partial charge is 0.167 e. The number of nitrogens with two attached hydrogens (primary N) is 1. The molecule has 0 amide bonds. The quantitative estimate of drug-likeness (QED) is 0.631. The van der Waals surface area contributed by atoms with Crippen LogP contribution in [0.2, 0.25) is 0 Å². The molecule has 3 atom stereocenters. The molecule has 0 aliphatic carbocycles. The van der Waals surface area contributed by atoms with E-state index in [0.29, 0.717) is 29.9 Å². The molecule has 0 bridgehead atoms. The standard InChI is InChI=1S/C17H20N6O2/c18-15-14-16(21-9-20-15)23(10-22-14)17-13(6-12(8-24)25-17)19-7-11-4-2-1-3-5-11/h1-5,9-10,12-13,17,19,24H,6-8H2,(H2,18,20,21)/t12-,13+,17+/m0/s1. The number of anilines is 1. The van der Waals surface area contributed by atoms with Crippen molar-refractivity contribution in [3.63, 3.8) is 0 Å².